The van der Waals surface area contributed by atoms with Gasteiger partial charge in [0.05, 0.1) is 11.3 Å². The van der Waals surface area contributed by atoms with Gasteiger partial charge in [-0.3, -0.25) is 4.79 Å². The van der Waals surface area contributed by atoms with Crippen molar-refractivity contribution < 1.29 is 40.6 Å². The van der Waals surface area contributed by atoms with E-state index in [1.54, 1.807) is 0 Å². The summed E-state index contributed by atoms with van der Waals surface area (Å²) in [6, 6.07) is 16.2. The average molecular weight is 454 g/mol. The molecular formula is C21H12F6N2O3. The van der Waals surface area contributed by atoms with Gasteiger partial charge in [-0.15, -0.1) is 26.3 Å². The van der Waals surface area contributed by atoms with Gasteiger partial charge in [-0.2, -0.15) is 0 Å². The van der Waals surface area contributed by atoms with E-state index in [1.807, 2.05) is 0 Å². The highest BCUT2D eigenvalue weighted by molar-refractivity contribution is 5.92. The van der Waals surface area contributed by atoms with Gasteiger partial charge >= 0.3 is 12.7 Å². The SMILES string of the molecule is O=C(NCc1ccccc1OC(F)(F)F)c1cccc(-c2cc#ccc2OC(F)(F)F)n1. The molecule has 1 N–H and O–H groups in total. The first-order valence-corrected chi connectivity index (χ1v) is 8.78. The molecule has 32 heavy (non-hydrogen) atoms. The van der Waals surface area contributed by atoms with Gasteiger partial charge in [0.2, 0.25) is 0 Å². The highest BCUT2D eigenvalue weighted by Gasteiger charge is 2.33. The van der Waals surface area contributed by atoms with Crippen molar-refractivity contribution in [2.75, 3.05) is 0 Å². The Morgan fingerprint density at radius 3 is 2.25 bits per heavy atom. The van der Waals surface area contributed by atoms with Crippen molar-refractivity contribution in [2.45, 2.75) is 19.3 Å². The Hall–Kier alpha value is -3.94. The number of benzene rings is 1. The second kappa shape index (κ2) is 9.05. The fourth-order valence-electron chi connectivity index (χ4n) is 2.63. The average Bonchev–Trinajstić information content (AvgIpc) is 2.71. The van der Waals surface area contributed by atoms with Gasteiger partial charge in [-0.25, -0.2) is 4.98 Å². The summed E-state index contributed by atoms with van der Waals surface area (Å²) in [6.45, 7) is -0.312. The topological polar surface area (TPSA) is 60.5 Å². The van der Waals surface area contributed by atoms with E-state index in [0.29, 0.717) is 0 Å². The number of hydrogen-bond donors (Lipinski definition) is 1. The molecule has 0 atom stereocenters. The zero-order chi connectivity index (χ0) is 23.4. The van der Waals surface area contributed by atoms with Crippen LogP contribution >= 0.6 is 0 Å². The number of para-hydroxylation sites is 1. The van der Waals surface area contributed by atoms with Crippen molar-refractivity contribution in [3.8, 4) is 22.8 Å². The minimum Gasteiger partial charge on any atom is -0.405 e. The Labute approximate surface area is 177 Å². The fraction of sp³-hybridized carbons (Fsp3) is 0.143. The van der Waals surface area contributed by atoms with E-state index >= 15 is 0 Å². The van der Waals surface area contributed by atoms with E-state index in [9.17, 15) is 31.1 Å². The third kappa shape index (κ3) is 6.28. The molecule has 0 spiro atoms. The lowest BCUT2D eigenvalue weighted by Crippen LogP contribution is -2.25. The molecule has 0 radical (unpaired) electrons. The zero-order valence-corrected chi connectivity index (χ0v) is 15.8. The van der Waals surface area contributed by atoms with Crippen LogP contribution < -0.4 is 14.8 Å². The van der Waals surface area contributed by atoms with E-state index < -0.39 is 30.1 Å². The number of amides is 1. The van der Waals surface area contributed by atoms with Gasteiger partial charge in [0.15, 0.2) is 0 Å². The van der Waals surface area contributed by atoms with Gasteiger partial charge in [0.25, 0.3) is 5.91 Å². The Morgan fingerprint density at radius 1 is 0.875 bits per heavy atom. The molecule has 5 nitrogen and oxygen atoms in total. The summed E-state index contributed by atoms with van der Waals surface area (Å²) < 4.78 is 83.3. The number of alkyl halides is 6. The maximum atomic E-state index is 12.6. The van der Waals surface area contributed by atoms with Crippen LogP contribution in [-0.2, 0) is 6.54 Å². The summed E-state index contributed by atoms with van der Waals surface area (Å²) in [5.41, 5.74) is -0.214. The first kappa shape index (κ1) is 22.7. The van der Waals surface area contributed by atoms with Gasteiger partial charge in [-0.1, -0.05) is 36.4 Å². The minimum atomic E-state index is -4.95. The lowest BCUT2D eigenvalue weighted by atomic mass is 10.1. The maximum absolute atomic E-state index is 12.6. The molecule has 11 heteroatoms. The summed E-state index contributed by atoms with van der Waals surface area (Å²) in [4.78, 5) is 16.5. The van der Waals surface area contributed by atoms with Crippen LogP contribution in [0.1, 0.15) is 16.1 Å². The lowest BCUT2D eigenvalue weighted by Gasteiger charge is -2.14. The molecule has 0 fully saturated rings. The van der Waals surface area contributed by atoms with Crippen LogP contribution in [0.15, 0.2) is 54.6 Å². The molecule has 0 aliphatic rings. The molecule has 1 heterocycles. The molecule has 2 aromatic carbocycles. The summed E-state index contributed by atoms with van der Waals surface area (Å²) in [6.07, 6.45) is -9.86. The standard InChI is InChI=1S/C21H12F6N2O3/c22-20(23,24)31-17-10-3-1-6-13(17)12-28-19(30)16-9-5-8-15(29-16)14-7-2-4-11-18(14)32-21(25,26)27/h1,3,5-11H,12H2,(H,28,30). The predicted molar refractivity (Wildman–Crippen MR) is 98.3 cm³/mol. The summed E-state index contributed by atoms with van der Waals surface area (Å²) in [5.74, 6) is -1.83. The van der Waals surface area contributed by atoms with Crippen molar-refractivity contribution in [3.63, 3.8) is 0 Å². The van der Waals surface area contributed by atoms with Crippen molar-refractivity contribution in [1.82, 2.24) is 10.3 Å². The monoisotopic (exact) mass is 454 g/mol. The van der Waals surface area contributed by atoms with Gasteiger partial charge in [0.1, 0.15) is 17.2 Å². The molecule has 166 valence electrons. The second-order valence-electron chi connectivity index (χ2n) is 6.15. The lowest BCUT2D eigenvalue weighted by molar-refractivity contribution is -0.275. The number of aromatic nitrogens is 1. The minimum absolute atomic E-state index is 0.0112. The van der Waals surface area contributed by atoms with Crippen molar-refractivity contribution in [1.29, 1.82) is 0 Å². The molecule has 0 saturated carbocycles. The highest BCUT2D eigenvalue weighted by atomic mass is 19.4. The largest absolute Gasteiger partial charge is 0.573 e. The molecule has 0 bridgehead atoms. The third-order valence-corrected chi connectivity index (χ3v) is 3.89. The number of hydrogen-bond acceptors (Lipinski definition) is 4. The number of nitrogens with zero attached hydrogens (tertiary/aromatic N) is 1. The van der Waals surface area contributed by atoms with Crippen LogP contribution in [0.5, 0.6) is 11.5 Å². The Morgan fingerprint density at radius 2 is 1.53 bits per heavy atom. The molecular weight excluding hydrogens is 442 g/mol. The van der Waals surface area contributed by atoms with Gasteiger partial charge in [0, 0.05) is 24.2 Å². The number of halogens is 6. The van der Waals surface area contributed by atoms with Gasteiger partial charge in [-0.05, 0) is 18.2 Å². The molecule has 0 aliphatic carbocycles. The van der Waals surface area contributed by atoms with Crippen LogP contribution in [-0.4, -0.2) is 23.6 Å². The van der Waals surface area contributed by atoms with Crippen LogP contribution in [0.3, 0.4) is 0 Å². The number of carbonyl (C=O) groups excluding carboxylic acids is 1. The number of rotatable bonds is 6. The Bertz CT molecular complexity index is 1100. The van der Waals surface area contributed by atoms with E-state index in [0.717, 1.165) is 18.2 Å². The summed E-state index contributed by atoms with van der Waals surface area (Å²) >= 11 is 0. The predicted octanol–water partition coefficient (Wildman–Crippen LogP) is 5.08. The van der Waals surface area contributed by atoms with Crippen LogP contribution in [0, 0.1) is 12.1 Å². The first-order valence-electron chi connectivity index (χ1n) is 8.78. The summed E-state index contributed by atoms with van der Waals surface area (Å²) in [5, 5.41) is 2.40. The maximum Gasteiger partial charge on any atom is 0.573 e. The Balaban J connectivity index is 1.78. The van der Waals surface area contributed by atoms with E-state index in [1.165, 1.54) is 36.4 Å². The molecule has 0 unspecified atom stereocenters. The molecule has 1 amide bonds. The van der Waals surface area contributed by atoms with Crippen molar-refractivity contribution >= 4 is 5.91 Å². The number of nitrogens with one attached hydrogen (secondary N) is 1. The quantitative estimate of drug-likeness (QED) is 0.528. The van der Waals surface area contributed by atoms with Crippen LogP contribution in [0.4, 0.5) is 26.3 Å². The van der Waals surface area contributed by atoms with E-state index in [-0.39, 0.29) is 29.1 Å². The van der Waals surface area contributed by atoms with E-state index in [4.69, 9.17) is 0 Å². The van der Waals surface area contributed by atoms with Crippen LogP contribution in [0.25, 0.3) is 11.3 Å². The first-order chi connectivity index (χ1) is 15.0. The van der Waals surface area contributed by atoms with Crippen LogP contribution in [0.2, 0.25) is 0 Å². The fourth-order valence-corrected chi connectivity index (χ4v) is 2.63. The highest BCUT2D eigenvalue weighted by Crippen LogP contribution is 2.32. The molecule has 0 saturated heterocycles. The normalized spacial score (nSPS) is 11.4. The molecule has 0 aliphatic heterocycles. The smallest absolute Gasteiger partial charge is 0.405 e. The van der Waals surface area contributed by atoms with Crippen molar-refractivity contribution in [3.05, 3.63) is 78.0 Å². The third-order valence-electron chi connectivity index (χ3n) is 3.89. The Kier molecular flexibility index (Phi) is 6.43. The van der Waals surface area contributed by atoms with E-state index in [2.05, 4.69) is 31.9 Å². The van der Waals surface area contributed by atoms with Gasteiger partial charge < -0.3 is 14.8 Å². The van der Waals surface area contributed by atoms with Crippen molar-refractivity contribution in [2.24, 2.45) is 0 Å². The number of carbonyl (C=O) groups is 1. The molecule has 3 rings (SSSR count). The molecule has 1 aromatic heterocycles. The zero-order valence-electron chi connectivity index (χ0n) is 15.8. The second-order valence-corrected chi connectivity index (χ2v) is 6.15. The number of pyridine rings is 1. The number of ether oxygens (including phenoxy) is 2. The summed E-state index contributed by atoms with van der Waals surface area (Å²) in [7, 11) is 0. The molecule has 3 aromatic rings.